The first kappa shape index (κ1) is 25.1. The van der Waals surface area contributed by atoms with Crippen molar-refractivity contribution >= 4 is 17.3 Å². The Balaban J connectivity index is 1.42. The van der Waals surface area contributed by atoms with E-state index in [1.165, 1.54) is 28.9 Å². The van der Waals surface area contributed by atoms with Crippen LogP contribution in [0.4, 0.5) is 24.5 Å². The van der Waals surface area contributed by atoms with Crippen LogP contribution in [-0.2, 0) is 6.18 Å². The maximum absolute atomic E-state index is 13.6. The molecule has 2 aromatic carbocycles. The average molecular weight is 525 g/mol. The van der Waals surface area contributed by atoms with Crippen molar-refractivity contribution in [2.24, 2.45) is 0 Å². The number of hydrogen-bond donors (Lipinski definition) is 0. The highest BCUT2D eigenvalue weighted by molar-refractivity contribution is 5.94. The fourth-order valence-electron chi connectivity index (χ4n) is 4.37. The van der Waals surface area contributed by atoms with Crippen LogP contribution in [0, 0.1) is 17.0 Å². The molecule has 3 heterocycles. The van der Waals surface area contributed by atoms with Gasteiger partial charge in [0.1, 0.15) is 17.1 Å². The van der Waals surface area contributed by atoms with Crippen molar-refractivity contribution in [3.05, 3.63) is 93.9 Å². The van der Waals surface area contributed by atoms with Crippen molar-refractivity contribution < 1.29 is 27.3 Å². The largest absolute Gasteiger partial charge is 0.460 e. The fraction of sp³-hybridized carbons (Fsp3) is 0.231. The molecular weight excluding hydrogens is 503 g/mol. The number of nitro groups is 1. The topological polar surface area (TPSA) is 97.7 Å². The molecule has 4 aromatic rings. The Bertz CT molecular complexity index is 1500. The standard InChI is InChI=1S/C26H22F3N5O4/c1-17-8-9-24(38-17)22-16-23(33(30-22)20-6-3-7-21(15-20)34(36)37)25(35)32-12-10-31(11-13-32)19-5-2-4-18(14-19)26(27,28)29/h2-9,14-16H,10-13H2,1H3. The number of rotatable bonds is 5. The summed E-state index contributed by atoms with van der Waals surface area (Å²) in [5, 5.41) is 15.8. The number of carbonyl (C=O) groups excluding carboxylic acids is 1. The van der Waals surface area contributed by atoms with E-state index < -0.39 is 16.7 Å². The van der Waals surface area contributed by atoms with E-state index in [0.29, 0.717) is 41.7 Å². The zero-order chi connectivity index (χ0) is 27.0. The Kier molecular flexibility index (Phi) is 6.39. The summed E-state index contributed by atoms with van der Waals surface area (Å²) in [6.07, 6.45) is -4.44. The van der Waals surface area contributed by atoms with E-state index in [2.05, 4.69) is 5.10 Å². The normalized spacial score (nSPS) is 14.1. The lowest BCUT2D eigenvalue weighted by Gasteiger charge is -2.36. The maximum Gasteiger partial charge on any atom is 0.416 e. The first-order chi connectivity index (χ1) is 18.1. The van der Waals surface area contributed by atoms with Gasteiger partial charge in [-0.15, -0.1) is 0 Å². The van der Waals surface area contributed by atoms with Crippen molar-refractivity contribution in [1.82, 2.24) is 14.7 Å². The summed E-state index contributed by atoms with van der Waals surface area (Å²) in [5.41, 5.74) is 0.456. The summed E-state index contributed by atoms with van der Waals surface area (Å²) in [6.45, 7) is 2.98. The number of alkyl halides is 3. The zero-order valence-electron chi connectivity index (χ0n) is 20.2. The number of benzene rings is 2. The average Bonchev–Trinajstić information content (AvgIpc) is 3.55. The molecule has 5 rings (SSSR count). The van der Waals surface area contributed by atoms with Crippen molar-refractivity contribution in [2.45, 2.75) is 13.1 Å². The van der Waals surface area contributed by atoms with E-state index in [1.807, 2.05) is 0 Å². The highest BCUT2D eigenvalue weighted by atomic mass is 19.4. The van der Waals surface area contributed by atoms with Crippen LogP contribution in [0.5, 0.6) is 0 Å². The van der Waals surface area contributed by atoms with Crippen molar-refractivity contribution in [3.8, 4) is 17.1 Å². The molecule has 196 valence electrons. The lowest BCUT2D eigenvalue weighted by atomic mass is 10.1. The summed E-state index contributed by atoms with van der Waals surface area (Å²) < 4.78 is 46.4. The molecule has 1 aliphatic heterocycles. The maximum atomic E-state index is 13.6. The molecule has 12 heteroatoms. The van der Waals surface area contributed by atoms with Gasteiger partial charge in [0.25, 0.3) is 11.6 Å². The minimum absolute atomic E-state index is 0.151. The van der Waals surface area contributed by atoms with Crippen molar-refractivity contribution in [3.63, 3.8) is 0 Å². The molecule has 38 heavy (non-hydrogen) atoms. The molecule has 1 amide bonds. The minimum Gasteiger partial charge on any atom is -0.460 e. The molecule has 0 N–H and O–H groups in total. The number of amides is 1. The number of piperazine rings is 1. The predicted molar refractivity (Wildman–Crippen MR) is 132 cm³/mol. The quantitative estimate of drug-likeness (QED) is 0.258. The molecule has 0 aliphatic carbocycles. The number of non-ortho nitro benzene ring substituents is 1. The molecule has 0 saturated carbocycles. The smallest absolute Gasteiger partial charge is 0.416 e. The summed E-state index contributed by atoms with van der Waals surface area (Å²) in [4.78, 5) is 27.8. The first-order valence-corrected chi connectivity index (χ1v) is 11.7. The Morgan fingerprint density at radius 1 is 0.974 bits per heavy atom. The van der Waals surface area contributed by atoms with Gasteiger partial charge in [0.15, 0.2) is 5.76 Å². The van der Waals surface area contributed by atoms with E-state index in [-0.39, 0.29) is 30.4 Å². The van der Waals surface area contributed by atoms with Gasteiger partial charge < -0.3 is 14.2 Å². The van der Waals surface area contributed by atoms with Crippen molar-refractivity contribution in [2.75, 3.05) is 31.1 Å². The van der Waals surface area contributed by atoms with Crippen LogP contribution in [0.3, 0.4) is 0 Å². The van der Waals surface area contributed by atoms with E-state index in [1.54, 1.807) is 47.1 Å². The third-order valence-electron chi connectivity index (χ3n) is 6.31. The monoisotopic (exact) mass is 525 g/mol. The van der Waals surface area contributed by atoms with Gasteiger partial charge in [0.05, 0.1) is 16.2 Å². The summed E-state index contributed by atoms with van der Waals surface area (Å²) in [5.74, 6) is 0.737. The number of anilines is 1. The third-order valence-corrected chi connectivity index (χ3v) is 6.31. The Morgan fingerprint density at radius 3 is 2.34 bits per heavy atom. The molecule has 0 bridgehead atoms. The molecule has 1 saturated heterocycles. The van der Waals surface area contributed by atoms with Gasteiger partial charge in [-0.1, -0.05) is 12.1 Å². The second-order valence-corrected chi connectivity index (χ2v) is 8.84. The third kappa shape index (κ3) is 4.97. The number of nitrogens with zero attached hydrogens (tertiary/aromatic N) is 5. The van der Waals surface area contributed by atoms with Crippen LogP contribution in [0.2, 0.25) is 0 Å². The van der Waals surface area contributed by atoms with Crippen LogP contribution in [0.25, 0.3) is 17.1 Å². The summed E-state index contributed by atoms with van der Waals surface area (Å²) >= 11 is 0. The van der Waals surface area contributed by atoms with Gasteiger partial charge in [-0.3, -0.25) is 14.9 Å². The lowest BCUT2D eigenvalue weighted by Crippen LogP contribution is -2.49. The van der Waals surface area contributed by atoms with E-state index in [0.717, 1.165) is 12.1 Å². The van der Waals surface area contributed by atoms with Gasteiger partial charge in [-0.05, 0) is 43.3 Å². The molecule has 2 aromatic heterocycles. The van der Waals surface area contributed by atoms with E-state index in [4.69, 9.17) is 4.42 Å². The molecule has 0 unspecified atom stereocenters. The number of carbonyl (C=O) groups is 1. The molecule has 0 radical (unpaired) electrons. The van der Waals surface area contributed by atoms with Crippen LogP contribution in [-0.4, -0.2) is 51.7 Å². The number of halogens is 3. The number of aryl methyl sites for hydroxylation is 1. The van der Waals surface area contributed by atoms with Crippen LogP contribution in [0.15, 0.2) is 71.1 Å². The van der Waals surface area contributed by atoms with Gasteiger partial charge in [0, 0.05) is 50.1 Å². The van der Waals surface area contributed by atoms with Gasteiger partial charge in [0.2, 0.25) is 0 Å². The molecule has 9 nitrogen and oxygen atoms in total. The zero-order valence-corrected chi connectivity index (χ0v) is 20.2. The first-order valence-electron chi connectivity index (χ1n) is 11.7. The number of nitro benzene ring substituents is 1. The van der Waals surface area contributed by atoms with Gasteiger partial charge in [-0.25, -0.2) is 4.68 Å². The van der Waals surface area contributed by atoms with Gasteiger partial charge in [-0.2, -0.15) is 18.3 Å². The Morgan fingerprint density at radius 2 is 1.68 bits per heavy atom. The molecule has 1 fully saturated rings. The van der Waals surface area contributed by atoms with E-state index in [9.17, 15) is 28.1 Å². The highest BCUT2D eigenvalue weighted by Crippen LogP contribution is 2.32. The van der Waals surface area contributed by atoms with Gasteiger partial charge >= 0.3 is 6.18 Å². The Hall–Kier alpha value is -4.61. The molecular formula is C26H22F3N5O4. The Labute approximate surface area is 214 Å². The number of aromatic nitrogens is 2. The fourth-order valence-corrected chi connectivity index (χ4v) is 4.37. The summed E-state index contributed by atoms with van der Waals surface area (Å²) in [7, 11) is 0. The van der Waals surface area contributed by atoms with Crippen LogP contribution < -0.4 is 4.90 Å². The van der Waals surface area contributed by atoms with Crippen LogP contribution in [0.1, 0.15) is 21.8 Å². The molecule has 1 aliphatic rings. The predicted octanol–water partition coefficient (Wildman–Crippen LogP) is 5.33. The van der Waals surface area contributed by atoms with E-state index >= 15 is 0 Å². The minimum atomic E-state index is -4.44. The second kappa shape index (κ2) is 9.69. The van der Waals surface area contributed by atoms with Crippen molar-refractivity contribution in [1.29, 1.82) is 0 Å². The second-order valence-electron chi connectivity index (χ2n) is 8.84. The highest BCUT2D eigenvalue weighted by Gasteiger charge is 2.32. The lowest BCUT2D eigenvalue weighted by molar-refractivity contribution is -0.384. The number of furan rings is 1. The SMILES string of the molecule is Cc1ccc(-c2cc(C(=O)N3CCN(c4cccc(C(F)(F)F)c4)CC3)n(-c3cccc([N+](=O)[O-])c3)n2)o1. The molecule has 0 spiro atoms. The van der Waals surface area contributed by atoms with Crippen LogP contribution >= 0.6 is 0 Å². The summed E-state index contributed by atoms with van der Waals surface area (Å²) in [6, 6.07) is 15.9. The molecule has 0 atom stereocenters. The number of hydrogen-bond acceptors (Lipinski definition) is 6.